The standard InChI is InChI=1S/C17H22NO/c1-17-10-13-7-14(11-17)15(16(9-13)18(17)19)8-12-5-3-2-4-6-12/h2-6,13-16H,7-11H2,1H3/q-1/t13-,14-,15?,16-,17+/m1/s1. The minimum Gasteiger partial charge on any atom is -0.785 e. The summed E-state index contributed by atoms with van der Waals surface area (Å²) in [6.45, 7) is 2.20. The largest absolute Gasteiger partial charge is 0.785 e. The lowest BCUT2D eigenvalue weighted by Crippen LogP contribution is -2.66. The van der Waals surface area contributed by atoms with Crippen molar-refractivity contribution in [3.63, 3.8) is 0 Å². The van der Waals surface area contributed by atoms with E-state index < -0.39 is 0 Å². The van der Waals surface area contributed by atoms with Gasteiger partial charge in [-0.1, -0.05) is 30.3 Å². The predicted molar refractivity (Wildman–Crippen MR) is 76.5 cm³/mol. The van der Waals surface area contributed by atoms with E-state index in [1.165, 1.54) is 17.0 Å². The first-order valence-electron chi connectivity index (χ1n) is 7.66. The average molecular weight is 256 g/mol. The van der Waals surface area contributed by atoms with Crippen LogP contribution in [0.2, 0.25) is 0 Å². The fraction of sp³-hybridized carbons (Fsp3) is 0.647. The molecule has 0 radical (unpaired) electrons. The first kappa shape index (κ1) is 11.9. The molecule has 0 N–H and O–H groups in total. The number of hydroxylamine groups is 2. The van der Waals surface area contributed by atoms with E-state index in [1.54, 1.807) is 0 Å². The van der Waals surface area contributed by atoms with Crippen LogP contribution in [-0.4, -0.2) is 16.6 Å². The zero-order chi connectivity index (χ0) is 13.0. The Morgan fingerprint density at radius 1 is 1.21 bits per heavy atom. The van der Waals surface area contributed by atoms with Crippen LogP contribution in [-0.2, 0) is 6.42 Å². The lowest BCUT2D eigenvalue weighted by molar-refractivity contribution is -0.123. The maximum Gasteiger partial charge on any atom is 0.00692 e. The van der Waals surface area contributed by atoms with Crippen molar-refractivity contribution in [3.8, 4) is 0 Å². The molecule has 2 aliphatic heterocycles. The minimum atomic E-state index is -0.0380. The molecule has 2 heteroatoms. The van der Waals surface area contributed by atoms with E-state index in [0.717, 1.165) is 37.5 Å². The van der Waals surface area contributed by atoms with Crippen LogP contribution in [0.15, 0.2) is 30.3 Å². The Morgan fingerprint density at radius 3 is 2.79 bits per heavy atom. The van der Waals surface area contributed by atoms with Gasteiger partial charge in [-0.25, -0.2) is 0 Å². The van der Waals surface area contributed by atoms with Crippen LogP contribution in [0.25, 0.3) is 0 Å². The van der Waals surface area contributed by atoms with Gasteiger partial charge in [0.25, 0.3) is 0 Å². The van der Waals surface area contributed by atoms with Gasteiger partial charge >= 0.3 is 0 Å². The molecular weight excluding hydrogens is 234 g/mol. The molecule has 0 amide bonds. The maximum atomic E-state index is 12.6. The third-order valence-corrected chi connectivity index (χ3v) is 5.89. The lowest BCUT2D eigenvalue weighted by Gasteiger charge is -2.68. The van der Waals surface area contributed by atoms with Crippen LogP contribution < -0.4 is 0 Å². The summed E-state index contributed by atoms with van der Waals surface area (Å²) in [5.41, 5.74) is 1.36. The Morgan fingerprint density at radius 2 is 2.00 bits per heavy atom. The second-order valence-corrected chi connectivity index (χ2v) is 7.25. The van der Waals surface area contributed by atoms with E-state index in [2.05, 4.69) is 37.3 Å². The molecule has 2 nitrogen and oxygen atoms in total. The quantitative estimate of drug-likeness (QED) is 0.808. The number of hydrogen-bond donors (Lipinski definition) is 0. The SMILES string of the molecule is C[C@]12C[C@@H]3C[C@H](C1)C(Cc1ccccc1)[C@@H](C3)N2[O-]. The van der Waals surface area contributed by atoms with Gasteiger partial charge in [-0.15, -0.1) is 0 Å². The minimum absolute atomic E-state index is 0.0380. The molecule has 2 heterocycles. The number of hydrogen-bond acceptors (Lipinski definition) is 2. The van der Waals surface area contributed by atoms with Gasteiger partial charge in [0.2, 0.25) is 0 Å². The zero-order valence-corrected chi connectivity index (χ0v) is 11.6. The van der Waals surface area contributed by atoms with E-state index >= 15 is 0 Å². The first-order chi connectivity index (χ1) is 9.16. The smallest absolute Gasteiger partial charge is 0.00692 e. The summed E-state index contributed by atoms with van der Waals surface area (Å²) in [6.07, 6.45) is 5.88. The van der Waals surface area contributed by atoms with E-state index in [0.29, 0.717) is 5.92 Å². The molecule has 0 spiro atoms. The molecule has 102 valence electrons. The highest BCUT2D eigenvalue weighted by Gasteiger charge is 2.54. The van der Waals surface area contributed by atoms with Crippen molar-refractivity contribution in [1.29, 1.82) is 0 Å². The van der Waals surface area contributed by atoms with Crippen LogP contribution in [0.4, 0.5) is 0 Å². The summed E-state index contributed by atoms with van der Waals surface area (Å²) in [6, 6.07) is 11.0. The van der Waals surface area contributed by atoms with Crippen molar-refractivity contribution in [3.05, 3.63) is 41.1 Å². The normalized spacial score (nSPS) is 44.7. The molecule has 4 aliphatic rings. The zero-order valence-electron chi connectivity index (χ0n) is 11.6. The van der Waals surface area contributed by atoms with Crippen molar-refractivity contribution >= 4 is 0 Å². The number of nitrogens with zero attached hydrogens (tertiary/aromatic N) is 1. The maximum absolute atomic E-state index is 12.6. The summed E-state index contributed by atoms with van der Waals surface area (Å²) in [5.74, 6) is 2.20. The molecule has 5 rings (SSSR count). The van der Waals surface area contributed by atoms with Gasteiger partial charge < -0.3 is 10.3 Å². The number of piperidine rings is 2. The summed E-state index contributed by atoms with van der Waals surface area (Å²) in [4.78, 5) is 0. The van der Waals surface area contributed by atoms with Crippen LogP contribution in [0.1, 0.15) is 38.2 Å². The highest BCUT2D eigenvalue weighted by Crippen LogP contribution is 2.56. The van der Waals surface area contributed by atoms with E-state index in [4.69, 9.17) is 0 Å². The Bertz CT molecular complexity index is 473. The first-order valence-corrected chi connectivity index (χ1v) is 7.66. The van der Waals surface area contributed by atoms with Gasteiger partial charge in [0.15, 0.2) is 0 Å². The number of benzene rings is 1. The fourth-order valence-corrected chi connectivity index (χ4v) is 5.24. The summed E-state index contributed by atoms with van der Waals surface area (Å²) >= 11 is 0. The molecule has 2 saturated carbocycles. The Labute approximate surface area is 115 Å². The van der Waals surface area contributed by atoms with Gasteiger partial charge in [0.05, 0.1) is 0 Å². The molecule has 1 unspecified atom stereocenters. The molecule has 2 aliphatic carbocycles. The lowest BCUT2D eigenvalue weighted by atomic mass is 9.54. The van der Waals surface area contributed by atoms with Crippen LogP contribution >= 0.6 is 0 Å². The molecule has 19 heavy (non-hydrogen) atoms. The fourth-order valence-electron chi connectivity index (χ4n) is 5.24. The third kappa shape index (κ3) is 1.77. The average Bonchev–Trinajstić information content (AvgIpc) is 2.40. The topological polar surface area (TPSA) is 26.3 Å². The van der Waals surface area contributed by atoms with Crippen LogP contribution in [0.3, 0.4) is 0 Å². The summed E-state index contributed by atoms with van der Waals surface area (Å²) < 4.78 is 0. The van der Waals surface area contributed by atoms with Gasteiger partial charge in [0, 0.05) is 11.6 Å². The third-order valence-electron chi connectivity index (χ3n) is 5.89. The molecule has 2 saturated heterocycles. The van der Waals surface area contributed by atoms with Crippen molar-refractivity contribution in [1.82, 2.24) is 5.06 Å². The van der Waals surface area contributed by atoms with Gasteiger partial charge in [-0.2, -0.15) is 0 Å². The monoisotopic (exact) mass is 256 g/mol. The van der Waals surface area contributed by atoms with Crippen molar-refractivity contribution in [2.24, 2.45) is 17.8 Å². The van der Waals surface area contributed by atoms with Crippen molar-refractivity contribution < 1.29 is 0 Å². The van der Waals surface area contributed by atoms with Crippen molar-refractivity contribution in [2.75, 3.05) is 0 Å². The second kappa shape index (κ2) is 4.07. The Hall–Kier alpha value is -0.860. The molecule has 4 bridgehead atoms. The molecule has 1 aromatic rings. The van der Waals surface area contributed by atoms with E-state index in [1.807, 2.05) is 0 Å². The summed E-state index contributed by atoms with van der Waals surface area (Å²) in [5, 5.41) is 14.1. The predicted octanol–water partition coefficient (Wildman–Crippen LogP) is 3.61. The van der Waals surface area contributed by atoms with Crippen molar-refractivity contribution in [2.45, 2.75) is 50.6 Å². The second-order valence-electron chi connectivity index (χ2n) is 7.25. The molecule has 1 aromatic carbocycles. The highest BCUT2D eigenvalue weighted by atomic mass is 16.5. The molecule has 0 aromatic heterocycles. The molecular formula is C17H22NO-. The Balaban J connectivity index is 1.61. The van der Waals surface area contributed by atoms with Gasteiger partial charge in [-0.05, 0) is 62.3 Å². The van der Waals surface area contributed by atoms with Gasteiger partial charge in [-0.3, -0.25) is 0 Å². The number of rotatable bonds is 2. The van der Waals surface area contributed by atoms with Crippen LogP contribution in [0.5, 0.6) is 0 Å². The molecule has 5 atom stereocenters. The highest BCUT2D eigenvalue weighted by molar-refractivity contribution is 5.19. The molecule has 4 fully saturated rings. The van der Waals surface area contributed by atoms with E-state index in [9.17, 15) is 5.21 Å². The van der Waals surface area contributed by atoms with Crippen LogP contribution in [0, 0.1) is 23.0 Å². The summed E-state index contributed by atoms with van der Waals surface area (Å²) in [7, 11) is 0. The van der Waals surface area contributed by atoms with Gasteiger partial charge in [0.1, 0.15) is 0 Å². The Kier molecular flexibility index (Phi) is 2.55. The van der Waals surface area contributed by atoms with E-state index in [-0.39, 0.29) is 11.6 Å².